The van der Waals surface area contributed by atoms with E-state index in [1.165, 1.54) is 0 Å². The second-order valence-corrected chi connectivity index (χ2v) is 8.87. The summed E-state index contributed by atoms with van der Waals surface area (Å²) >= 11 is 0. The topological polar surface area (TPSA) is 85.9 Å². The van der Waals surface area contributed by atoms with Gasteiger partial charge in [0.05, 0.1) is 5.54 Å². The largest absolute Gasteiger partial charge is 0.524 e. The monoisotopic (exact) mass is 394 g/mol. The molecule has 7 nitrogen and oxygen atoms in total. The Hall–Kier alpha value is -1.55. The van der Waals surface area contributed by atoms with Gasteiger partial charge in [-0.25, -0.2) is 4.79 Å². The number of alkyl halides is 3. The quantitative estimate of drug-likeness (QED) is 0.677. The summed E-state index contributed by atoms with van der Waals surface area (Å²) in [6.07, 6.45) is -2.84. The molecule has 4 aliphatic carbocycles. The van der Waals surface area contributed by atoms with Gasteiger partial charge in [0.25, 0.3) is 0 Å². The van der Waals surface area contributed by atoms with Gasteiger partial charge in [-0.1, -0.05) is 0 Å². The molecule has 4 saturated carbocycles. The molecule has 2 N–H and O–H groups in total. The zero-order valence-electron chi connectivity index (χ0n) is 15.6. The minimum atomic E-state index is -4.80. The van der Waals surface area contributed by atoms with E-state index >= 15 is 0 Å². The first-order valence-electron chi connectivity index (χ1n) is 8.97. The van der Waals surface area contributed by atoms with E-state index in [9.17, 15) is 22.8 Å². The third kappa shape index (κ3) is 4.66. The van der Waals surface area contributed by atoms with Crippen molar-refractivity contribution in [2.75, 3.05) is 6.61 Å². The van der Waals surface area contributed by atoms with Crippen LogP contribution in [0.2, 0.25) is 0 Å². The second-order valence-electron chi connectivity index (χ2n) is 8.87. The number of halogens is 3. The summed E-state index contributed by atoms with van der Waals surface area (Å²) in [7, 11) is 0. The first-order chi connectivity index (χ1) is 12.2. The lowest BCUT2D eigenvalue weighted by Crippen LogP contribution is -2.84. The molecule has 0 heterocycles. The Bertz CT molecular complexity index is 605. The maximum Gasteiger partial charge on any atom is 0.524 e. The number of alkyl carbamates (subject to hydrolysis) is 1. The van der Waals surface area contributed by atoms with Gasteiger partial charge in [-0.05, 0) is 46.5 Å². The van der Waals surface area contributed by atoms with Crippen LogP contribution < -0.4 is 10.6 Å². The molecule has 154 valence electrons. The predicted octanol–water partition coefficient (Wildman–Crippen LogP) is 2.74. The molecular formula is C17H25F3N2O5. The third-order valence-corrected chi connectivity index (χ3v) is 5.08. The van der Waals surface area contributed by atoms with Gasteiger partial charge in [-0.15, -0.1) is 13.2 Å². The summed E-state index contributed by atoms with van der Waals surface area (Å²) < 4.78 is 51.7. The van der Waals surface area contributed by atoms with Gasteiger partial charge in [0.2, 0.25) is 5.91 Å². The average Bonchev–Trinajstić information content (AvgIpc) is 2.34. The number of rotatable bonds is 6. The number of hydrogen-bond acceptors (Lipinski definition) is 5. The van der Waals surface area contributed by atoms with Crippen molar-refractivity contribution in [3.63, 3.8) is 0 Å². The van der Waals surface area contributed by atoms with E-state index in [1.54, 1.807) is 20.8 Å². The van der Waals surface area contributed by atoms with Crippen molar-refractivity contribution >= 4 is 12.0 Å². The molecular weight excluding hydrogens is 369 g/mol. The van der Waals surface area contributed by atoms with Gasteiger partial charge >= 0.3 is 12.5 Å². The summed E-state index contributed by atoms with van der Waals surface area (Å²) in [6.45, 7) is 4.82. The molecule has 4 aliphatic rings. The molecule has 0 aromatic heterocycles. The molecule has 4 fully saturated rings. The second kappa shape index (κ2) is 6.23. The number of ether oxygens (including phenoxy) is 3. The van der Waals surface area contributed by atoms with E-state index in [0.717, 1.165) is 0 Å². The number of nitrogens with one attached hydrogen (secondary N) is 2. The van der Waals surface area contributed by atoms with Crippen molar-refractivity contribution in [2.24, 2.45) is 0 Å². The SMILES string of the molecule is CC(C)(C)OC(=O)NC12CC(NC(=O)COC3(OC(F)(F)F)CCC3)(C1)C2. The first kappa shape index (κ1) is 20.2. The Morgan fingerprint density at radius 2 is 1.56 bits per heavy atom. The Morgan fingerprint density at radius 3 is 2.00 bits per heavy atom. The van der Waals surface area contributed by atoms with E-state index in [1.807, 2.05) is 0 Å². The molecule has 10 heteroatoms. The molecule has 2 bridgehead atoms. The van der Waals surface area contributed by atoms with Crippen molar-refractivity contribution in [1.82, 2.24) is 10.6 Å². The highest BCUT2D eigenvalue weighted by Crippen LogP contribution is 2.60. The molecule has 27 heavy (non-hydrogen) atoms. The van der Waals surface area contributed by atoms with Crippen LogP contribution >= 0.6 is 0 Å². The Morgan fingerprint density at radius 1 is 1.00 bits per heavy atom. The normalized spacial score (nSPS) is 31.0. The maximum absolute atomic E-state index is 12.4. The molecule has 0 radical (unpaired) electrons. The van der Waals surface area contributed by atoms with Crippen LogP contribution in [-0.2, 0) is 19.0 Å². The van der Waals surface area contributed by atoms with Crippen LogP contribution in [0, 0.1) is 0 Å². The van der Waals surface area contributed by atoms with Crippen molar-refractivity contribution in [2.45, 2.75) is 88.1 Å². The minimum Gasteiger partial charge on any atom is -0.444 e. The lowest BCUT2D eigenvalue weighted by molar-refractivity contribution is -0.432. The van der Waals surface area contributed by atoms with Gasteiger partial charge in [-0.2, -0.15) is 0 Å². The summed E-state index contributed by atoms with van der Waals surface area (Å²) in [6, 6.07) is 0. The highest BCUT2D eigenvalue weighted by molar-refractivity contribution is 5.79. The molecule has 0 aromatic carbocycles. The van der Waals surface area contributed by atoms with Crippen LogP contribution in [0.1, 0.15) is 59.3 Å². The summed E-state index contributed by atoms with van der Waals surface area (Å²) in [5.41, 5.74) is -1.38. The Kier molecular flexibility index (Phi) is 4.66. The zero-order chi connectivity index (χ0) is 20.1. The number of hydrogen-bond donors (Lipinski definition) is 2. The fraction of sp³-hybridized carbons (Fsp3) is 0.882. The maximum atomic E-state index is 12.4. The molecule has 0 unspecified atom stereocenters. The standard InChI is InChI=1S/C17H25F3N2O5/c1-13(2,3)26-12(24)22-15-8-14(9-15,10-15)21-11(23)7-25-16(5-4-6-16)27-17(18,19)20/h4-10H2,1-3H3,(H,21,23)(H,22,24). The first-order valence-corrected chi connectivity index (χ1v) is 8.97. The highest BCUT2D eigenvalue weighted by Gasteiger charge is 2.69. The molecule has 0 saturated heterocycles. The number of carbonyl (C=O) groups is 2. The van der Waals surface area contributed by atoms with Crippen LogP contribution in [-0.4, -0.2) is 47.4 Å². The summed E-state index contributed by atoms with van der Waals surface area (Å²) in [5.74, 6) is -2.23. The Balaban J connectivity index is 1.39. The third-order valence-electron chi connectivity index (χ3n) is 5.08. The lowest BCUT2D eigenvalue weighted by Gasteiger charge is -2.70. The van der Waals surface area contributed by atoms with Crippen LogP contribution in [0.3, 0.4) is 0 Å². The van der Waals surface area contributed by atoms with Crippen molar-refractivity contribution in [1.29, 1.82) is 0 Å². The highest BCUT2D eigenvalue weighted by atomic mass is 19.4. The van der Waals surface area contributed by atoms with Gasteiger partial charge in [0, 0.05) is 18.4 Å². The van der Waals surface area contributed by atoms with E-state index in [4.69, 9.17) is 9.47 Å². The predicted molar refractivity (Wildman–Crippen MR) is 86.5 cm³/mol. The zero-order valence-corrected chi connectivity index (χ0v) is 15.6. The van der Waals surface area contributed by atoms with Crippen LogP contribution in [0.15, 0.2) is 0 Å². The number of amides is 2. The van der Waals surface area contributed by atoms with Crippen molar-refractivity contribution in [3.05, 3.63) is 0 Å². The molecule has 0 aliphatic heterocycles. The van der Waals surface area contributed by atoms with Crippen LogP contribution in [0.4, 0.5) is 18.0 Å². The van der Waals surface area contributed by atoms with Crippen LogP contribution in [0.25, 0.3) is 0 Å². The van der Waals surface area contributed by atoms with E-state index < -0.39 is 41.9 Å². The molecule has 0 aromatic rings. The van der Waals surface area contributed by atoms with Crippen molar-refractivity contribution in [3.8, 4) is 0 Å². The van der Waals surface area contributed by atoms with Gasteiger partial charge in [0.1, 0.15) is 12.2 Å². The fourth-order valence-electron chi connectivity index (χ4n) is 4.05. The minimum absolute atomic E-state index is 0.105. The molecule has 0 spiro atoms. The number of carbonyl (C=O) groups excluding carboxylic acids is 2. The fourth-order valence-corrected chi connectivity index (χ4v) is 4.05. The average molecular weight is 394 g/mol. The van der Waals surface area contributed by atoms with Crippen molar-refractivity contribution < 1.29 is 37.0 Å². The molecule has 2 amide bonds. The summed E-state index contributed by atoms with van der Waals surface area (Å²) in [5, 5.41) is 5.62. The van der Waals surface area contributed by atoms with E-state index in [0.29, 0.717) is 25.7 Å². The lowest BCUT2D eigenvalue weighted by atomic mass is 9.44. The smallest absolute Gasteiger partial charge is 0.444 e. The van der Waals surface area contributed by atoms with Gasteiger partial charge in [0.15, 0.2) is 5.79 Å². The van der Waals surface area contributed by atoms with Gasteiger partial charge < -0.3 is 20.1 Å². The Labute approximate surface area is 155 Å². The summed E-state index contributed by atoms with van der Waals surface area (Å²) in [4.78, 5) is 23.9. The van der Waals surface area contributed by atoms with Gasteiger partial charge in [-0.3, -0.25) is 9.53 Å². The van der Waals surface area contributed by atoms with E-state index in [2.05, 4.69) is 15.4 Å². The van der Waals surface area contributed by atoms with Crippen LogP contribution in [0.5, 0.6) is 0 Å². The van der Waals surface area contributed by atoms with E-state index in [-0.39, 0.29) is 18.4 Å². The molecule has 0 atom stereocenters. The molecule has 4 rings (SSSR count).